The Morgan fingerprint density at radius 3 is 2.68 bits per heavy atom. The van der Waals surface area contributed by atoms with Crippen molar-refractivity contribution in [2.24, 2.45) is 39.9 Å². The lowest BCUT2D eigenvalue weighted by Gasteiger charge is -2.62. The molecule has 3 aliphatic carbocycles. The number of hydrogen-bond acceptors (Lipinski definition) is 7. The van der Waals surface area contributed by atoms with Gasteiger partial charge in [0.05, 0.1) is 19.3 Å². The lowest BCUT2D eigenvalue weighted by molar-refractivity contribution is -0.251. The molecule has 5 rings (SSSR count). The number of esters is 1. The zero-order chi connectivity index (χ0) is 20.1. The van der Waals surface area contributed by atoms with E-state index in [1.807, 2.05) is 0 Å². The number of hydrogen-bond donors (Lipinski definition) is 2. The molecule has 2 bridgehead atoms. The number of aliphatic hydroxyl groups is 2. The summed E-state index contributed by atoms with van der Waals surface area (Å²) >= 11 is 0. The lowest BCUT2D eigenvalue weighted by atomic mass is 9.43. The zero-order valence-electron chi connectivity index (χ0n) is 16.7. The standard InChI is InChI=1S/C21H30O7/c1-19(2)5-4-13-21(9-27-17(24)15(19)21)14-12(22)6-10-7-20(14,18(25)28-13)16(23)11(10)8-26-3/h10-15,17,22,24H,4-9H2,1-3H3/t10-,11+,12+,13+,14-,15-,17-,20+,21+/m1/s1. The Hall–Kier alpha value is -1.02. The summed E-state index contributed by atoms with van der Waals surface area (Å²) in [6, 6.07) is 0. The van der Waals surface area contributed by atoms with E-state index in [2.05, 4.69) is 13.8 Å². The van der Waals surface area contributed by atoms with Gasteiger partial charge in [0, 0.05) is 30.3 Å². The topological polar surface area (TPSA) is 102 Å². The molecule has 5 aliphatic rings. The minimum absolute atomic E-state index is 0.0819. The van der Waals surface area contributed by atoms with Crippen molar-refractivity contribution in [1.29, 1.82) is 0 Å². The minimum Gasteiger partial charge on any atom is -0.461 e. The number of methoxy groups -OCH3 is 1. The molecular weight excluding hydrogens is 364 g/mol. The van der Waals surface area contributed by atoms with Crippen LogP contribution < -0.4 is 0 Å². The number of ether oxygens (including phenoxy) is 3. The number of ketones is 1. The third-order valence-corrected chi connectivity index (χ3v) is 8.79. The number of rotatable bonds is 2. The van der Waals surface area contributed by atoms with E-state index in [4.69, 9.17) is 14.2 Å². The maximum atomic E-state index is 13.6. The van der Waals surface area contributed by atoms with Crippen LogP contribution in [0.1, 0.15) is 39.5 Å². The van der Waals surface area contributed by atoms with E-state index in [9.17, 15) is 19.8 Å². The fraction of sp³-hybridized carbons (Fsp3) is 0.905. The average molecular weight is 394 g/mol. The second-order valence-electron chi connectivity index (χ2n) is 10.4. The van der Waals surface area contributed by atoms with Crippen molar-refractivity contribution in [3.63, 3.8) is 0 Å². The molecule has 3 saturated carbocycles. The summed E-state index contributed by atoms with van der Waals surface area (Å²) in [6.07, 6.45) is 0.0922. The van der Waals surface area contributed by atoms with Crippen molar-refractivity contribution in [3.8, 4) is 0 Å². The molecule has 7 heteroatoms. The van der Waals surface area contributed by atoms with Crippen LogP contribution in [0.25, 0.3) is 0 Å². The van der Waals surface area contributed by atoms with Crippen LogP contribution in [0.3, 0.4) is 0 Å². The molecule has 28 heavy (non-hydrogen) atoms. The van der Waals surface area contributed by atoms with Crippen molar-refractivity contribution < 1.29 is 34.0 Å². The number of aliphatic hydroxyl groups excluding tert-OH is 2. The third kappa shape index (κ3) is 1.99. The summed E-state index contributed by atoms with van der Waals surface area (Å²) in [5.41, 5.74) is -2.33. The van der Waals surface area contributed by atoms with Gasteiger partial charge in [-0.05, 0) is 37.0 Å². The normalized spacial score (nSPS) is 54.0. The summed E-state index contributed by atoms with van der Waals surface area (Å²) in [6.45, 7) is 4.65. The maximum Gasteiger partial charge on any atom is 0.320 e. The van der Waals surface area contributed by atoms with Gasteiger partial charge in [-0.15, -0.1) is 0 Å². The summed E-state index contributed by atoms with van der Waals surface area (Å²) in [4.78, 5) is 26.9. The van der Waals surface area contributed by atoms with Crippen LogP contribution in [0.4, 0.5) is 0 Å². The van der Waals surface area contributed by atoms with E-state index < -0.39 is 47.1 Å². The van der Waals surface area contributed by atoms with Crippen molar-refractivity contribution >= 4 is 11.8 Å². The molecule has 0 aromatic rings. The molecule has 0 aromatic carbocycles. The quantitative estimate of drug-likeness (QED) is 0.530. The monoisotopic (exact) mass is 394 g/mol. The van der Waals surface area contributed by atoms with Gasteiger partial charge < -0.3 is 24.4 Å². The molecule has 0 unspecified atom stereocenters. The molecule has 2 spiro atoms. The molecule has 156 valence electrons. The fourth-order valence-corrected chi connectivity index (χ4v) is 7.92. The molecule has 2 N–H and O–H groups in total. The van der Waals surface area contributed by atoms with Crippen LogP contribution in [0.2, 0.25) is 0 Å². The van der Waals surface area contributed by atoms with Crippen molar-refractivity contribution in [2.45, 2.75) is 58.0 Å². The van der Waals surface area contributed by atoms with E-state index in [0.29, 0.717) is 19.3 Å². The Balaban J connectivity index is 1.69. The van der Waals surface area contributed by atoms with Crippen LogP contribution in [0.5, 0.6) is 0 Å². The smallest absolute Gasteiger partial charge is 0.320 e. The summed E-state index contributed by atoms with van der Waals surface area (Å²) in [5.74, 6) is -2.00. The number of carbonyl (C=O) groups is 2. The summed E-state index contributed by atoms with van der Waals surface area (Å²) in [7, 11) is 1.55. The van der Waals surface area contributed by atoms with Gasteiger partial charge in [-0.2, -0.15) is 0 Å². The highest BCUT2D eigenvalue weighted by Gasteiger charge is 2.79. The molecule has 0 aromatic heterocycles. The number of carbonyl (C=O) groups excluding carboxylic acids is 2. The Morgan fingerprint density at radius 1 is 1.21 bits per heavy atom. The summed E-state index contributed by atoms with van der Waals surface area (Å²) < 4.78 is 17.0. The number of fused-ring (bicyclic) bond motifs is 1. The van der Waals surface area contributed by atoms with Gasteiger partial charge in [0.1, 0.15) is 11.5 Å². The molecule has 7 nitrogen and oxygen atoms in total. The molecular formula is C21H30O7. The predicted molar refractivity (Wildman–Crippen MR) is 95.8 cm³/mol. The van der Waals surface area contributed by atoms with Crippen molar-refractivity contribution in [3.05, 3.63) is 0 Å². The molecule has 5 fully saturated rings. The molecule has 2 saturated heterocycles. The van der Waals surface area contributed by atoms with E-state index in [0.717, 1.165) is 6.42 Å². The Kier molecular flexibility index (Phi) is 3.91. The molecule has 2 aliphatic heterocycles. The van der Waals surface area contributed by atoms with Crippen LogP contribution in [-0.2, 0) is 23.8 Å². The lowest BCUT2D eigenvalue weighted by Crippen LogP contribution is -2.70. The maximum absolute atomic E-state index is 13.6. The van der Waals surface area contributed by atoms with E-state index >= 15 is 0 Å². The molecule has 0 amide bonds. The van der Waals surface area contributed by atoms with Crippen LogP contribution in [0, 0.1) is 39.9 Å². The van der Waals surface area contributed by atoms with Gasteiger partial charge in [-0.1, -0.05) is 13.8 Å². The molecule has 2 heterocycles. The van der Waals surface area contributed by atoms with Gasteiger partial charge in [0.2, 0.25) is 0 Å². The highest BCUT2D eigenvalue weighted by molar-refractivity contribution is 6.08. The van der Waals surface area contributed by atoms with Gasteiger partial charge in [0.15, 0.2) is 12.1 Å². The number of Topliss-reactive ketones (excluding diaryl/α,β-unsaturated/α-hetero) is 1. The van der Waals surface area contributed by atoms with Crippen molar-refractivity contribution in [2.75, 3.05) is 20.3 Å². The van der Waals surface area contributed by atoms with E-state index in [-0.39, 0.29) is 36.2 Å². The molecule has 0 radical (unpaired) electrons. The first-order valence-electron chi connectivity index (χ1n) is 10.4. The second-order valence-corrected chi connectivity index (χ2v) is 10.4. The van der Waals surface area contributed by atoms with Crippen molar-refractivity contribution in [1.82, 2.24) is 0 Å². The van der Waals surface area contributed by atoms with E-state index in [1.54, 1.807) is 7.11 Å². The first kappa shape index (κ1) is 19.0. The van der Waals surface area contributed by atoms with Crippen LogP contribution in [-0.4, -0.2) is 60.8 Å². The predicted octanol–water partition coefficient (Wildman–Crippen LogP) is 0.902. The van der Waals surface area contributed by atoms with Crippen LogP contribution in [0.15, 0.2) is 0 Å². The van der Waals surface area contributed by atoms with Gasteiger partial charge in [-0.25, -0.2) is 0 Å². The van der Waals surface area contributed by atoms with E-state index in [1.165, 1.54) is 0 Å². The second kappa shape index (κ2) is 5.78. The van der Waals surface area contributed by atoms with Crippen LogP contribution >= 0.6 is 0 Å². The first-order chi connectivity index (χ1) is 13.2. The largest absolute Gasteiger partial charge is 0.461 e. The average Bonchev–Trinajstić information content (AvgIpc) is 3.08. The van der Waals surface area contributed by atoms with Gasteiger partial charge >= 0.3 is 5.97 Å². The third-order valence-electron chi connectivity index (χ3n) is 8.79. The zero-order valence-corrected chi connectivity index (χ0v) is 16.7. The highest BCUT2D eigenvalue weighted by atomic mass is 16.6. The highest BCUT2D eigenvalue weighted by Crippen LogP contribution is 2.71. The Bertz CT molecular complexity index is 720. The van der Waals surface area contributed by atoms with Gasteiger partial charge in [-0.3, -0.25) is 9.59 Å². The Labute approximate surface area is 164 Å². The minimum atomic E-state index is -1.35. The first-order valence-corrected chi connectivity index (χ1v) is 10.4. The fourth-order valence-electron chi connectivity index (χ4n) is 7.92. The SMILES string of the molecule is COC[C@@H]1C(=O)[C@]23C[C@H]1C[C@H](O)[C@H]2[C@@]12CO[C@@H](O)[C@@H]1C(C)(C)CC[C@@H]2OC3=O. The Morgan fingerprint density at radius 2 is 1.96 bits per heavy atom. The van der Waals surface area contributed by atoms with Gasteiger partial charge in [0.25, 0.3) is 0 Å². The summed E-state index contributed by atoms with van der Waals surface area (Å²) in [5, 5.41) is 22.1. The molecule has 9 atom stereocenters.